The molecule has 3 heteroatoms. The van der Waals surface area contributed by atoms with Gasteiger partial charge in [-0.15, -0.1) is 0 Å². The van der Waals surface area contributed by atoms with E-state index >= 15 is 0 Å². The fourth-order valence-corrected chi connectivity index (χ4v) is 3.38. The summed E-state index contributed by atoms with van der Waals surface area (Å²) in [6.07, 6.45) is 2.79. The summed E-state index contributed by atoms with van der Waals surface area (Å²) in [6.45, 7) is 14.5. The maximum atomic E-state index is 3.53. The molecule has 2 saturated heterocycles. The first-order valence-corrected chi connectivity index (χ1v) is 7.35. The molecular weight excluding hydrogens is 210 g/mol. The maximum absolute atomic E-state index is 3.53. The molecule has 2 aliphatic rings. The van der Waals surface area contributed by atoms with Gasteiger partial charge in [-0.2, -0.15) is 0 Å². The Bertz CT molecular complexity index is 230. The Morgan fingerprint density at radius 1 is 1.29 bits per heavy atom. The van der Waals surface area contributed by atoms with Crippen molar-refractivity contribution in [2.45, 2.75) is 45.7 Å². The molecule has 0 aromatic carbocycles. The lowest BCUT2D eigenvalue weighted by Gasteiger charge is -2.33. The van der Waals surface area contributed by atoms with Crippen LogP contribution in [-0.2, 0) is 0 Å². The summed E-state index contributed by atoms with van der Waals surface area (Å²) in [5, 5.41) is 3.53. The third-order valence-electron chi connectivity index (χ3n) is 4.22. The van der Waals surface area contributed by atoms with E-state index in [-0.39, 0.29) is 0 Å². The van der Waals surface area contributed by atoms with Crippen LogP contribution in [0.5, 0.6) is 0 Å². The van der Waals surface area contributed by atoms with Gasteiger partial charge in [0.25, 0.3) is 0 Å². The zero-order valence-electron chi connectivity index (χ0n) is 11.8. The van der Waals surface area contributed by atoms with Crippen LogP contribution in [0.2, 0.25) is 0 Å². The molecule has 2 atom stereocenters. The van der Waals surface area contributed by atoms with Crippen molar-refractivity contribution < 1.29 is 0 Å². The number of rotatable bonds is 3. The predicted octanol–water partition coefficient (Wildman–Crippen LogP) is 1.40. The second-order valence-corrected chi connectivity index (χ2v) is 6.20. The largest absolute Gasteiger partial charge is 0.315 e. The summed E-state index contributed by atoms with van der Waals surface area (Å²) in [5.74, 6) is 0.798. The molecule has 2 unspecified atom stereocenters. The van der Waals surface area contributed by atoms with E-state index in [4.69, 9.17) is 0 Å². The van der Waals surface area contributed by atoms with Crippen LogP contribution in [0.15, 0.2) is 0 Å². The minimum absolute atomic E-state index is 0.713. The molecule has 2 aliphatic heterocycles. The van der Waals surface area contributed by atoms with Crippen LogP contribution < -0.4 is 5.32 Å². The van der Waals surface area contributed by atoms with Gasteiger partial charge in [-0.05, 0) is 45.7 Å². The number of nitrogens with one attached hydrogen (secondary N) is 1. The molecule has 0 spiro atoms. The molecule has 0 bridgehead atoms. The van der Waals surface area contributed by atoms with Gasteiger partial charge in [0.2, 0.25) is 0 Å². The average Bonchev–Trinajstić information content (AvgIpc) is 2.62. The molecule has 0 saturated carbocycles. The lowest BCUT2D eigenvalue weighted by atomic mass is 10.1. The quantitative estimate of drug-likeness (QED) is 0.803. The molecule has 0 aromatic heterocycles. The van der Waals surface area contributed by atoms with Crippen molar-refractivity contribution in [3.63, 3.8) is 0 Å². The molecule has 17 heavy (non-hydrogen) atoms. The second-order valence-electron chi connectivity index (χ2n) is 6.20. The Labute approximate surface area is 107 Å². The van der Waals surface area contributed by atoms with Gasteiger partial charge < -0.3 is 10.2 Å². The highest BCUT2D eigenvalue weighted by Gasteiger charge is 2.28. The lowest BCUT2D eigenvalue weighted by Crippen LogP contribution is -2.44. The SMILES string of the molecule is CC1CNCCN(CC2CCCN2C(C)C)C1. The molecule has 0 radical (unpaired) electrons. The van der Waals surface area contributed by atoms with Crippen molar-refractivity contribution >= 4 is 0 Å². The Morgan fingerprint density at radius 3 is 2.88 bits per heavy atom. The standard InChI is InChI=1S/C14H29N3/c1-12(2)17-7-4-5-14(17)11-16-8-6-15-9-13(3)10-16/h12-15H,4-11H2,1-3H3. The van der Waals surface area contributed by atoms with E-state index in [1.807, 2.05) is 0 Å². The van der Waals surface area contributed by atoms with Crippen molar-refractivity contribution in [2.75, 3.05) is 39.3 Å². The lowest BCUT2D eigenvalue weighted by molar-refractivity contribution is 0.144. The van der Waals surface area contributed by atoms with Crippen LogP contribution >= 0.6 is 0 Å². The molecule has 2 rings (SSSR count). The molecule has 0 aliphatic carbocycles. The van der Waals surface area contributed by atoms with Crippen molar-refractivity contribution in [3.05, 3.63) is 0 Å². The number of hydrogen-bond acceptors (Lipinski definition) is 3. The molecule has 0 amide bonds. The molecule has 100 valence electrons. The zero-order chi connectivity index (χ0) is 12.3. The summed E-state index contributed by atoms with van der Waals surface area (Å²) < 4.78 is 0. The van der Waals surface area contributed by atoms with E-state index in [9.17, 15) is 0 Å². The molecule has 3 nitrogen and oxygen atoms in total. The number of nitrogens with zero attached hydrogens (tertiary/aromatic N) is 2. The highest BCUT2D eigenvalue weighted by Crippen LogP contribution is 2.21. The highest BCUT2D eigenvalue weighted by molar-refractivity contribution is 4.85. The minimum Gasteiger partial charge on any atom is -0.315 e. The third-order valence-corrected chi connectivity index (χ3v) is 4.22. The first kappa shape index (κ1) is 13.3. The summed E-state index contributed by atoms with van der Waals surface area (Å²) in [5.41, 5.74) is 0. The first-order valence-electron chi connectivity index (χ1n) is 7.35. The van der Waals surface area contributed by atoms with Gasteiger partial charge >= 0.3 is 0 Å². The number of likely N-dealkylation sites (tertiary alicyclic amines) is 1. The van der Waals surface area contributed by atoms with E-state index in [0.29, 0.717) is 6.04 Å². The van der Waals surface area contributed by atoms with Gasteiger partial charge in [0, 0.05) is 38.3 Å². The normalized spacial score (nSPS) is 33.2. The van der Waals surface area contributed by atoms with Gasteiger partial charge in [0.15, 0.2) is 0 Å². The second kappa shape index (κ2) is 6.17. The van der Waals surface area contributed by atoms with Crippen LogP contribution in [0, 0.1) is 5.92 Å². The topological polar surface area (TPSA) is 18.5 Å². The van der Waals surface area contributed by atoms with E-state index in [2.05, 4.69) is 35.9 Å². The zero-order valence-corrected chi connectivity index (χ0v) is 11.8. The van der Waals surface area contributed by atoms with E-state index in [1.165, 1.54) is 52.1 Å². The van der Waals surface area contributed by atoms with Crippen molar-refractivity contribution in [3.8, 4) is 0 Å². The van der Waals surface area contributed by atoms with Crippen LogP contribution in [0.25, 0.3) is 0 Å². The van der Waals surface area contributed by atoms with Crippen LogP contribution in [0.3, 0.4) is 0 Å². The van der Waals surface area contributed by atoms with Crippen LogP contribution in [0.1, 0.15) is 33.6 Å². The van der Waals surface area contributed by atoms with Gasteiger partial charge in [-0.1, -0.05) is 6.92 Å². The van der Waals surface area contributed by atoms with Crippen LogP contribution in [-0.4, -0.2) is 61.2 Å². The van der Waals surface area contributed by atoms with Crippen LogP contribution in [0.4, 0.5) is 0 Å². The van der Waals surface area contributed by atoms with Crippen molar-refractivity contribution in [1.29, 1.82) is 0 Å². The maximum Gasteiger partial charge on any atom is 0.0226 e. The molecule has 2 heterocycles. The molecule has 1 N–H and O–H groups in total. The summed E-state index contributed by atoms with van der Waals surface area (Å²) in [7, 11) is 0. The highest BCUT2D eigenvalue weighted by atomic mass is 15.3. The van der Waals surface area contributed by atoms with E-state index < -0.39 is 0 Å². The van der Waals surface area contributed by atoms with Gasteiger partial charge in [-0.25, -0.2) is 0 Å². The van der Waals surface area contributed by atoms with E-state index in [1.54, 1.807) is 0 Å². The summed E-state index contributed by atoms with van der Waals surface area (Å²) >= 11 is 0. The summed E-state index contributed by atoms with van der Waals surface area (Å²) in [6, 6.07) is 1.52. The van der Waals surface area contributed by atoms with E-state index in [0.717, 1.165) is 12.0 Å². The Kier molecular flexibility index (Phi) is 4.83. The average molecular weight is 239 g/mol. The fraction of sp³-hybridized carbons (Fsp3) is 1.00. The van der Waals surface area contributed by atoms with Gasteiger partial charge in [0.05, 0.1) is 0 Å². The first-order chi connectivity index (χ1) is 8.16. The smallest absolute Gasteiger partial charge is 0.0226 e. The minimum atomic E-state index is 0.713. The molecular formula is C14H29N3. The number of hydrogen-bond donors (Lipinski definition) is 1. The Hall–Kier alpha value is -0.120. The molecule has 0 aromatic rings. The fourth-order valence-electron chi connectivity index (χ4n) is 3.38. The Morgan fingerprint density at radius 2 is 2.12 bits per heavy atom. The summed E-state index contributed by atoms with van der Waals surface area (Å²) in [4.78, 5) is 5.37. The van der Waals surface area contributed by atoms with Crippen molar-refractivity contribution in [2.24, 2.45) is 5.92 Å². The molecule has 2 fully saturated rings. The van der Waals surface area contributed by atoms with Gasteiger partial charge in [-0.3, -0.25) is 4.90 Å². The van der Waals surface area contributed by atoms with Gasteiger partial charge in [0.1, 0.15) is 0 Å². The monoisotopic (exact) mass is 239 g/mol. The third kappa shape index (κ3) is 3.67. The predicted molar refractivity (Wildman–Crippen MR) is 73.3 cm³/mol. The Balaban J connectivity index is 1.86. The van der Waals surface area contributed by atoms with Crippen molar-refractivity contribution in [1.82, 2.24) is 15.1 Å².